The van der Waals surface area contributed by atoms with E-state index in [4.69, 9.17) is 11.6 Å². The number of benzene rings is 1. The molecule has 0 saturated carbocycles. The van der Waals surface area contributed by atoms with Crippen LogP contribution in [0.5, 0.6) is 0 Å². The molecule has 1 aromatic rings. The van der Waals surface area contributed by atoms with Gasteiger partial charge in [-0.3, -0.25) is 0 Å². The van der Waals surface area contributed by atoms with Crippen LogP contribution in [0.15, 0.2) is 23.2 Å². The largest absolute Gasteiger partial charge is 0.465 e. The van der Waals surface area contributed by atoms with Crippen molar-refractivity contribution >= 4 is 29.3 Å². The van der Waals surface area contributed by atoms with Gasteiger partial charge in [-0.25, -0.2) is 9.59 Å². The summed E-state index contributed by atoms with van der Waals surface area (Å²) < 4.78 is 4.49. The van der Waals surface area contributed by atoms with E-state index in [1.807, 2.05) is 0 Å². The molecule has 0 heterocycles. The molecule has 0 amide bonds. The number of carbonyl (C=O) groups excluding carboxylic acids is 2. The number of hydrogen-bond acceptors (Lipinski definition) is 4. The number of ether oxygens (including phenoxy) is 1. The molecule has 4 nitrogen and oxygen atoms in total. The number of carbonyl (C=O) groups is 1. The lowest BCUT2D eigenvalue weighted by Crippen LogP contribution is -2.02. The fourth-order valence-electron chi connectivity index (χ4n) is 0.959. The van der Waals surface area contributed by atoms with Crippen molar-refractivity contribution in [2.45, 2.75) is 0 Å². The smallest absolute Gasteiger partial charge is 0.341 e. The second-order valence-electron chi connectivity index (χ2n) is 2.33. The first-order valence-corrected chi connectivity index (χ1v) is 4.03. The lowest BCUT2D eigenvalue weighted by molar-refractivity contribution is 0.0602. The summed E-state index contributed by atoms with van der Waals surface area (Å²) in [6, 6.07) is 4.56. The van der Waals surface area contributed by atoms with Gasteiger partial charge in [-0.1, -0.05) is 17.7 Å². The number of halogens is 1. The van der Waals surface area contributed by atoms with Crippen LogP contribution in [-0.4, -0.2) is 19.2 Å². The Morgan fingerprint density at radius 3 is 2.86 bits per heavy atom. The van der Waals surface area contributed by atoms with Crippen molar-refractivity contribution in [2.24, 2.45) is 4.99 Å². The van der Waals surface area contributed by atoms with E-state index in [0.717, 1.165) is 0 Å². The highest BCUT2D eigenvalue weighted by molar-refractivity contribution is 6.34. The predicted molar refractivity (Wildman–Crippen MR) is 50.6 cm³/mol. The van der Waals surface area contributed by atoms with Gasteiger partial charge in [0.25, 0.3) is 0 Å². The number of methoxy groups -OCH3 is 1. The lowest BCUT2D eigenvalue weighted by atomic mass is 10.2. The zero-order chi connectivity index (χ0) is 10.6. The zero-order valence-electron chi connectivity index (χ0n) is 7.28. The van der Waals surface area contributed by atoms with E-state index in [0.29, 0.717) is 0 Å². The van der Waals surface area contributed by atoms with Crippen LogP contribution < -0.4 is 0 Å². The highest BCUT2D eigenvalue weighted by atomic mass is 35.5. The van der Waals surface area contributed by atoms with Crippen LogP contribution in [0.4, 0.5) is 5.69 Å². The van der Waals surface area contributed by atoms with E-state index in [1.165, 1.54) is 25.3 Å². The molecule has 72 valence electrons. The molecular formula is C9H6ClNO3. The minimum absolute atomic E-state index is 0.0695. The average Bonchev–Trinajstić information content (AvgIpc) is 2.18. The Kier molecular flexibility index (Phi) is 3.40. The Bertz CT molecular complexity index is 411. The summed E-state index contributed by atoms with van der Waals surface area (Å²) in [5.41, 5.74) is 0.222. The van der Waals surface area contributed by atoms with Crippen LogP contribution in [0, 0.1) is 0 Å². The second-order valence-corrected chi connectivity index (χ2v) is 2.74. The second kappa shape index (κ2) is 4.56. The first-order chi connectivity index (χ1) is 6.70. The summed E-state index contributed by atoms with van der Waals surface area (Å²) in [5, 5.41) is 0.188. The summed E-state index contributed by atoms with van der Waals surface area (Å²) in [6.45, 7) is 0. The predicted octanol–water partition coefficient (Wildman–Crippen LogP) is 2.09. The van der Waals surface area contributed by atoms with Crippen LogP contribution >= 0.6 is 11.6 Å². The molecule has 0 N–H and O–H groups in total. The molecule has 0 radical (unpaired) electrons. The molecule has 14 heavy (non-hydrogen) atoms. The van der Waals surface area contributed by atoms with Crippen LogP contribution in [0.1, 0.15) is 10.4 Å². The van der Waals surface area contributed by atoms with Crippen molar-refractivity contribution in [1.82, 2.24) is 0 Å². The van der Waals surface area contributed by atoms with E-state index in [9.17, 15) is 9.59 Å². The minimum atomic E-state index is -0.635. The molecule has 0 aliphatic rings. The SMILES string of the molecule is COC(=O)c1c(Cl)cccc1N=C=O. The number of nitrogens with zero attached hydrogens (tertiary/aromatic N) is 1. The third-order valence-electron chi connectivity index (χ3n) is 1.55. The van der Waals surface area contributed by atoms with Gasteiger partial charge in [0, 0.05) is 0 Å². The van der Waals surface area contributed by atoms with Crippen molar-refractivity contribution in [3.63, 3.8) is 0 Å². The molecule has 0 unspecified atom stereocenters. The van der Waals surface area contributed by atoms with Crippen LogP contribution in [0.25, 0.3) is 0 Å². The van der Waals surface area contributed by atoms with Gasteiger partial charge in [0.05, 0.1) is 17.8 Å². The Labute approximate surface area is 85.2 Å². The number of rotatable bonds is 2. The molecule has 0 saturated heterocycles. The van der Waals surface area contributed by atoms with Crippen LogP contribution in [-0.2, 0) is 9.53 Å². The minimum Gasteiger partial charge on any atom is -0.465 e. The third-order valence-corrected chi connectivity index (χ3v) is 1.86. The Morgan fingerprint density at radius 1 is 1.57 bits per heavy atom. The van der Waals surface area contributed by atoms with Crippen molar-refractivity contribution in [3.8, 4) is 0 Å². The third kappa shape index (κ3) is 1.99. The lowest BCUT2D eigenvalue weighted by Gasteiger charge is -2.03. The van der Waals surface area contributed by atoms with Gasteiger partial charge in [0.1, 0.15) is 5.56 Å². The van der Waals surface area contributed by atoms with E-state index < -0.39 is 5.97 Å². The fourth-order valence-corrected chi connectivity index (χ4v) is 1.21. The van der Waals surface area contributed by atoms with E-state index in [1.54, 1.807) is 6.07 Å². The van der Waals surface area contributed by atoms with Gasteiger partial charge in [-0.05, 0) is 12.1 Å². The van der Waals surface area contributed by atoms with Crippen molar-refractivity contribution in [2.75, 3.05) is 7.11 Å². The first-order valence-electron chi connectivity index (χ1n) is 3.65. The Hall–Kier alpha value is -1.64. The highest BCUT2D eigenvalue weighted by Gasteiger charge is 2.15. The summed E-state index contributed by atoms with van der Waals surface area (Å²) >= 11 is 5.75. The van der Waals surface area contributed by atoms with Crippen LogP contribution in [0.3, 0.4) is 0 Å². The highest BCUT2D eigenvalue weighted by Crippen LogP contribution is 2.26. The first kappa shape index (κ1) is 10.4. The molecular weight excluding hydrogens is 206 g/mol. The van der Waals surface area contributed by atoms with Gasteiger partial charge in [0.2, 0.25) is 6.08 Å². The average molecular weight is 212 g/mol. The van der Waals surface area contributed by atoms with Gasteiger partial charge in [-0.15, -0.1) is 0 Å². The molecule has 0 atom stereocenters. The monoisotopic (exact) mass is 211 g/mol. The molecule has 1 rings (SSSR count). The summed E-state index contributed by atoms with van der Waals surface area (Å²) in [7, 11) is 1.22. The molecule has 0 aliphatic carbocycles. The number of hydrogen-bond donors (Lipinski definition) is 0. The van der Waals surface area contributed by atoms with Gasteiger partial charge >= 0.3 is 5.97 Å². The molecule has 0 aromatic heterocycles. The van der Waals surface area contributed by atoms with E-state index in [-0.39, 0.29) is 16.3 Å². The maximum atomic E-state index is 11.2. The van der Waals surface area contributed by atoms with Crippen molar-refractivity contribution in [1.29, 1.82) is 0 Å². The Balaban J connectivity index is 3.36. The van der Waals surface area contributed by atoms with Gasteiger partial charge in [0.15, 0.2) is 0 Å². The number of esters is 1. The molecule has 5 heteroatoms. The van der Waals surface area contributed by atoms with Crippen LogP contribution in [0.2, 0.25) is 5.02 Å². The van der Waals surface area contributed by atoms with Gasteiger partial charge < -0.3 is 4.74 Å². The Morgan fingerprint density at radius 2 is 2.29 bits per heavy atom. The summed E-state index contributed by atoms with van der Waals surface area (Å²) in [6.07, 6.45) is 1.34. The maximum Gasteiger partial charge on any atom is 0.341 e. The fraction of sp³-hybridized carbons (Fsp3) is 0.111. The van der Waals surface area contributed by atoms with Gasteiger partial charge in [-0.2, -0.15) is 4.99 Å². The number of isocyanates is 1. The molecule has 1 aromatic carbocycles. The summed E-state index contributed by atoms with van der Waals surface area (Å²) in [4.78, 5) is 24.6. The summed E-state index contributed by atoms with van der Waals surface area (Å²) in [5.74, 6) is -0.635. The normalized spacial score (nSPS) is 9.00. The standard InChI is InChI=1S/C9H6ClNO3/c1-14-9(13)8-6(10)3-2-4-7(8)11-5-12/h2-4H,1H3. The molecule has 0 fully saturated rings. The zero-order valence-corrected chi connectivity index (χ0v) is 8.04. The maximum absolute atomic E-state index is 11.2. The van der Waals surface area contributed by atoms with Crippen molar-refractivity contribution < 1.29 is 14.3 Å². The number of aliphatic imine (C=N–C) groups is 1. The molecule has 0 spiro atoms. The quantitative estimate of drug-likeness (QED) is 0.428. The van der Waals surface area contributed by atoms with E-state index >= 15 is 0 Å². The molecule has 0 bridgehead atoms. The molecule has 0 aliphatic heterocycles. The van der Waals surface area contributed by atoms with E-state index in [2.05, 4.69) is 9.73 Å². The topological polar surface area (TPSA) is 55.7 Å². The van der Waals surface area contributed by atoms with Crippen molar-refractivity contribution in [3.05, 3.63) is 28.8 Å².